The van der Waals surface area contributed by atoms with Gasteiger partial charge < -0.3 is 5.32 Å². The van der Waals surface area contributed by atoms with Gasteiger partial charge in [0.1, 0.15) is 4.90 Å². The summed E-state index contributed by atoms with van der Waals surface area (Å²) < 4.78 is 26.4. The van der Waals surface area contributed by atoms with E-state index in [1.165, 1.54) is 32.4 Å². The maximum atomic E-state index is 12.6. The van der Waals surface area contributed by atoms with Crippen LogP contribution in [0.2, 0.25) is 5.02 Å². The Morgan fingerprint density at radius 1 is 1.27 bits per heavy atom. The number of rotatable bonds is 6. The van der Waals surface area contributed by atoms with Crippen molar-refractivity contribution in [2.45, 2.75) is 17.9 Å². The number of sulfonamides is 1. The molecule has 6 nitrogen and oxygen atoms in total. The van der Waals surface area contributed by atoms with Gasteiger partial charge in [-0.25, -0.2) is 8.42 Å². The monoisotopic (exact) mass is 460 g/mol. The number of benzene rings is 2. The third kappa shape index (κ3) is 4.44. The van der Waals surface area contributed by atoms with Gasteiger partial charge in [-0.2, -0.15) is 0 Å². The molecule has 0 aliphatic carbocycles. The van der Waals surface area contributed by atoms with Gasteiger partial charge in [0.05, 0.1) is 18.2 Å². The van der Waals surface area contributed by atoms with Crippen molar-refractivity contribution in [1.29, 1.82) is 0 Å². The van der Waals surface area contributed by atoms with Crippen molar-refractivity contribution in [3.8, 4) is 0 Å². The molecule has 0 bridgehead atoms. The molecule has 2 aromatic rings. The third-order valence-electron chi connectivity index (χ3n) is 3.79. The molecular weight excluding hydrogens is 444 g/mol. The molecule has 0 saturated heterocycles. The molecule has 140 valence electrons. The van der Waals surface area contributed by atoms with Crippen LogP contribution in [0.5, 0.6) is 0 Å². The number of hydrogen-bond donors (Lipinski definition) is 1. The van der Waals surface area contributed by atoms with Gasteiger partial charge in [-0.1, -0.05) is 50.2 Å². The van der Waals surface area contributed by atoms with Crippen molar-refractivity contribution in [3.05, 3.63) is 63.1 Å². The minimum Gasteiger partial charge on any atom is -0.345 e. The summed E-state index contributed by atoms with van der Waals surface area (Å²) in [5.74, 6) is -0.415. The zero-order valence-corrected chi connectivity index (χ0v) is 17.5. The van der Waals surface area contributed by atoms with Gasteiger partial charge in [0.2, 0.25) is 0 Å². The maximum absolute atomic E-state index is 12.6. The molecule has 0 radical (unpaired) electrons. The summed E-state index contributed by atoms with van der Waals surface area (Å²) >= 11 is 9.46. The molecule has 2 rings (SSSR count). The van der Waals surface area contributed by atoms with Crippen LogP contribution in [-0.2, 0) is 14.9 Å². The number of nitrogens with one attached hydrogen (secondary N) is 1. The van der Waals surface area contributed by atoms with Crippen LogP contribution in [-0.4, -0.2) is 33.0 Å². The van der Waals surface area contributed by atoms with E-state index in [1.807, 2.05) is 31.2 Å². The second-order valence-corrected chi connectivity index (χ2v) is 8.62. The van der Waals surface area contributed by atoms with E-state index in [2.05, 4.69) is 21.2 Å². The summed E-state index contributed by atoms with van der Waals surface area (Å²) in [5, 5.41) is 2.85. The largest absolute Gasteiger partial charge is 0.345 e. The third-order valence-corrected chi connectivity index (χ3v) is 6.67. The fourth-order valence-electron chi connectivity index (χ4n) is 2.26. The lowest BCUT2D eigenvalue weighted by atomic mass is 10.1. The van der Waals surface area contributed by atoms with Crippen molar-refractivity contribution in [2.24, 2.45) is 0 Å². The smallest absolute Gasteiger partial charge is 0.266 e. The number of halogens is 2. The summed E-state index contributed by atoms with van der Waals surface area (Å²) in [6.45, 7) is 1.84. The highest BCUT2D eigenvalue weighted by Crippen LogP contribution is 2.26. The van der Waals surface area contributed by atoms with Crippen LogP contribution in [0, 0.1) is 0 Å². The minimum atomic E-state index is -3.97. The number of amides is 1. The lowest BCUT2D eigenvalue weighted by Crippen LogP contribution is -2.28. The highest BCUT2D eigenvalue weighted by Gasteiger charge is 2.25. The first kappa shape index (κ1) is 20.9. The zero-order chi connectivity index (χ0) is 19.5. The van der Waals surface area contributed by atoms with Crippen molar-refractivity contribution in [2.75, 3.05) is 14.2 Å². The number of nitrogens with zero attached hydrogens (tertiary/aromatic N) is 1. The average Bonchev–Trinajstić information content (AvgIpc) is 2.61. The normalized spacial score (nSPS) is 12.8. The molecule has 1 N–H and O–H groups in total. The van der Waals surface area contributed by atoms with Gasteiger partial charge >= 0.3 is 0 Å². The summed E-state index contributed by atoms with van der Waals surface area (Å²) in [7, 11) is -1.50. The molecule has 1 amide bonds. The predicted molar refractivity (Wildman–Crippen MR) is 103 cm³/mol. The summed E-state index contributed by atoms with van der Waals surface area (Å²) in [5.41, 5.74) is 1.08. The van der Waals surface area contributed by atoms with Crippen LogP contribution in [0.3, 0.4) is 0 Å². The number of hydrogen-bond acceptors (Lipinski definition) is 4. The molecule has 1 atom stereocenters. The van der Waals surface area contributed by atoms with E-state index in [0.29, 0.717) is 4.47 Å². The van der Waals surface area contributed by atoms with E-state index in [-0.39, 0.29) is 21.5 Å². The first-order chi connectivity index (χ1) is 12.2. The average molecular weight is 462 g/mol. The lowest BCUT2D eigenvalue weighted by Gasteiger charge is -2.18. The number of carbonyl (C=O) groups is 1. The highest BCUT2D eigenvalue weighted by atomic mass is 79.9. The molecule has 0 spiro atoms. The summed E-state index contributed by atoms with van der Waals surface area (Å²) in [6, 6.07) is 11.3. The molecule has 2 aromatic carbocycles. The minimum absolute atomic E-state index is 0.00398. The Bertz CT molecular complexity index is 921. The Balaban J connectivity index is 2.31. The molecule has 26 heavy (non-hydrogen) atoms. The SMILES string of the molecule is CON(C)S(=O)(=O)c1cc(C(=O)NC(C)c2ccccc2Br)ccc1Cl. The van der Waals surface area contributed by atoms with Gasteiger partial charge in [0.25, 0.3) is 15.9 Å². The van der Waals surface area contributed by atoms with E-state index in [1.54, 1.807) is 0 Å². The van der Waals surface area contributed by atoms with Gasteiger partial charge in [-0.3, -0.25) is 9.63 Å². The first-order valence-electron chi connectivity index (χ1n) is 7.56. The van der Waals surface area contributed by atoms with Gasteiger partial charge in [-0.15, -0.1) is 0 Å². The van der Waals surface area contributed by atoms with E-state index in [4.69, 9.17) is 16.4 Å². The van der Waals surface area contributed by atoms with E-state index < -0.39 is 15.9 Å². The van der Waals surface area contributed by atoms with Crippen molar-refractivity contribution >= 4 is 43.5 Å². The Morgan fingerprint density at radius 3 is 2.54 bits per heavy atom. The van der Waals surface area contributed by atoms with E-state index in [9.17, 15) is 13.2 Å². The molecule has 0 heterocycles. The molecule has 0 aliphatic rings. The standard InChI is InChI=1S/C17H18BrClN2O4S/c1-11(13-6-4-5-7-14(13)18)20-17(22)12-8-9-15(19)16(10-12)26(23,24)21(2)25-3/h4-11H,1-3H3,(H,20,22). The lowest BCUT2D eigenvalue weighted by molar-refractivity contribution is -0.0258. The van der Waals surface area contributed by atoms with Crippen LogP contribution in [0.1, 0.15) is 28.9 Å². The Morgan fingerprint density at radius 2 is 1.92 bits per heavy atom. The van der Waals surface area contributed by atoms with E-state index in [0.717, 1.165) is 10.0 Å². The molecule has 0 aromatic heterocycles. The molecule has 0 aliphatic heterocycles. The fraction of sp³-hybridized carbons (Fsp3) is 0.235. The zero-order valence-electron chi connectivity index (χ0n) is 14.4. The van der Waals surface area contributed by atoms with Crippen LogP contribution in [0.25, 0.3) is 0 Å². The molecule has 0 fully saturated rings. The van der Waals surface area contributed by atoms with Crippen LogP contribution < -0.4 is 5.32 Å². The quantitative estimate of drug-likeness (QED) is 0.664. The second-order valence-electron chi connectivity index (χ2n) is 5.46. The molecule has 0 saturated carbocycles. The fourth-order valence-corrected chi connectivity index (χ4v) is 4.36. The first-order valence-corrected chi connectivity index (χ1v) is 10.2. The second kappa shape index (κ2) is 8.49. The topological polar surface area (TPSA) is 75.7 Å². The number of carbonyl (C=O) groups excluding carboxylic acids is 1. The van der Waals surface area contributed by atoms with Gasteiger partial charge in [-0.05, 0) is 36.8 Å². The maximum Gasteiger partial charge on any atom is 0.266 e. The Labute approximate surface area is 166 Å². The molecule has 1 unspecified atom stereocenters. The van der Waals surface area contributed by atoms with Crippen LogP contribution >= 0.6 is 27.5 Å². The highest BCUT2D eigenvalue weighted by molar-refractivity contribution is 9.10. The van der Waals surface area contributed by atoms with Crippen molar-refractivity contribution in [3.63, 3.8) is 0 Å². The summed E-state index contributed by atoms with van der Waals surface area (Å²) in [6.07, 6.45) is 0. The van der Waals surface area contributed by atoms with Crippen molar-refractivity contribution in [1.82, 2.24) is 9.79 Å². The molecule has 9 heteroatoms. The Kier molecular flexibility index (Phi) is 6.81. The number of hydroxylamine groups is 1. The predicted octanol–water partition coefficient (Wildman–Crippen LogP) is 3.78. The molecular formula is C17H18BrClN2O4S. The Hall–Kier alpha value is -1.45. The van der Waals surface area contributed by atoms with Crippen LogP contribution in [0.15, 0.2) is 51.8 Å². The van der Waals surface area contributed by atoms with Crippen molar-refractivity contribution < 1.29 is 18.0 Å². The van der Waals surface area contributed by atoms with Gasteiger partial charge in [0, 0.05) is 17.1 Å². The van der Waals surface area contributed by atoms with Gasteiger partial charge in [0.15, 0.2) is 0 Å². The van der Waals surface area contributed by atoms with Crippen LogP contribution in [0.4, 0.5) is 0 Å². The van der Waals surface area contributed by atoms with E-state index >= 15 is 0 Å². The summed E-state index contributed by atoms with van der Waals surface area (Å²) in [4.78, 5) is 17.1.